The van der Waals surface area contributed by atoms with Gasteiger partial charge in [0.15, 0.2) is 0 Å². The minimum Gasteiger partial charge on any atom is -1.00 e. The summed E-state index contributed by atoms with van der Waals surface area (Å²) in [5, 5.41) is 5.06. The minimum absolute atomic E-state index is 0. The minimum atomic E-state index is 0. The maximum absolute atomic E-state index is 2.36. The number of para-hydroxylation sites is 2. The van der Waals surface area contributed by atoms with Gasteiger partial charge in [0.2, 0.25) is 16.7 Å². The lowest BCUT2D eigenvalue weighted by atomic mass is 10.0. The van der Waals surface area contributed by atoms with Crippen LogP contribution in [-0.4, -0.2) is 0 Å². The third-order valence-corrected chi connectivity index (χ3v) is 4.64. The summed E-state index contributed by atoms with van der Waals surface area (Å²) in [4.78, 5) is 0. The van der Waals surface area contributed by atoms with Crippen LogP contribution in [0.4, 0.5) is 0 Å². The summed E-state index contributed by atoms with van der Waals surface area (Å²) in [6.45, 7) is 0. The Morgan fingerprint density at radius 2 is 1.00 bits per heavy atom. The number of nitrogens with zero attached hydrogens (tertiary/aromatic N) is 1. The summed E-state index contributed by atoms with van der Waals surface area (Å²) >= 11 is 0. The lowest BCUT2D eigenvalue weighted by Gasteiger charge is -2.07. The van der Waals surface area contributed by atoms with E-state index in [1.807, 2.05) is 0 Å². The molecule has 1 aromatic heterocycles. The lowest BCUT2D eigenvalue weighted by Crippen LogP contribution is -3.00. The molecule has 1 nitrogen and oxygen atoms in total. The summed E-state index contributed by atoms with van der Waals surface area (Å²) in [5.41, 5.74) is 3.65. The molecule has 0 N–H and O–H groups in total. The second-order valence-electron chi connectivity index (χ2n) is 6.13. The summed E-state index contributed by atoms with van der Waals surface area (Å²) < 4.78 is 2.36. The van der Waals surface area contributed by atoms with E-state index in [0.717, 1.165) is 0 Å². The Morgan fingerprint density at radius 3 is 1.76 bits per heavy atom. The summed E-state index contributed by atoms with van der Waals surface area (Å²) in [6, 6.07) is 34.6. The summed E-state index contributed by atoms with van der Waals surface area (Å²) in [6.07, 6.45) is 0. The van der Waals surface area contributed by atoms with Crippen molar-refractivity contribution in [3.05, 3.63) is 97.1 Å². The van der Waals surface area contributed by atoms with E-state index in [1.165, 1.54) is 38.3 Å². The molecule has 0 aliphatic rings. The number of pyridine rings is 1. The SMILES string of the molecule is [Br-].c1ccc(-[n+]2c3ccccc3cc3cc4ccccc4cc32)cc1. The molecule has 0 fully saturated rings. The van der Waals surface area contributed by atoms with Gasteiger partial charge in [-0.2, -0.15) is 4.57 Å². The Hall–Kier alpha value is -2.71. The second kappa shape index (κ2) is 6.30. The van der Waals surface area contributed by atoms with Gasteiger partial charge >= 0.3 is 0 Å². The van der Waals surface area contributed by atoms with Crippen molar-refractivity contribution in [2.75, 3.05) is 0 Å². The Kier molecular flexibility index (Phi) is 3.98. The molecule has 0 unspecified atom stereocenters. The third-order valence-electron chi connectivity index (χ3n) is 4.64. The summed E-state index contributed by atoms with van der Waals surface area (Å²) in [7, 11) is 0. The lowest BCUT2D eigenvalue weighted by molar-refractivity contribution is -0.537. The highest BCUT2D eigenvalue weighted by Gasteiger charge is 2.18. The smallest absolute Gasteiger partial charge is 0.219 e. The molecule has 0 saturated heterocycles. The molecule has 0 amide bonds. The van der Waals surface area contributed by atoms with Crippen molar-refractivity contribution in [2.24, 2.45) is 0 Å². The number of hydrogen-bond donors (Lipinski definition) is 0. The molecule has 0 aliphatic heterocycles. The monoisotopic (exact) mass is 385 g/mol. The second-order valence-corrected chi connectivity index (χ2v) is 6.13. The van der Waals surface area contributed by atoms with Crippen LogP contribution in [0.15, 0.2) is 97.1 Å². The van der Waals surface area contributed by atoms with Crippen molar-refractivity contribution >= 4 is 32.6 Å². The van der Waals surface area contributed by atoms with Crippen molar-refractivity contribution in [3.63, 3.8) is 0 Å². The van der Waals surface area contributed by atoms with Crippen LogP contribution in [0, 0.1) is 0 Å². The first kappa shape index (κ1) is 15.8. The van der Waals surface area contributed by atoms with E-state index >= 15 is 0 Å². The number of aromatic nitrogens is 1. The van der Waals surface area contributed by atoms with Gasteiger partial charge in [0.1, 0.15) is 0 Å². The molecule has 120 valence electrons. The molecule has 0 atom stereocenters. The zero-order valence-corrected chi connectivity index (χ0v) is 15.1. The van der Waals surface area contributed by atoms with Gasteiger partial charge in [-0.05, 0) is 29.0 Å². The van der Waals surface area contributed by atoms with Crippen molar-refractivity contribution < 1.29 is 21.5 Å². The highest BCUT2D eigenvalue weighted by atomic mass is 79.9. The first-order valence-corrected chi connectivity index (χ1v) is 8.22. The molecular weight excluding hydrogens is 370 g/mol. The van der Waals surface area contributed by atoms with Crippen LogP contribution in [0.2, 0.25) is 0 Å². The largest absolute Gasteiger partial charge is 1.00 e. The van der Waals surface area contributed by atoms with E-state index in [-0.39, 0.29) is 17.0 Å². The molecule has 25 heavy (non-hydrogen) atoms. The summed E-state index contributed by atoms with van der Waals surface area (Å²) in [5.74, 6) is 0. The van der Waals surface area contributed by atoms with Crippen LogP contribution < -0.4 is 21.5 Å². The van der Waals surface area contributed by atoms with Gasteiger partial charge in [0, 0.05) is 35.0 Å². The van der Waals surface area contributed by atoms with Crippen LogP contribution in [0.5, 0.6) is 0 Å². The van der Waals surface area contributed by atoms with Gasteiger partial charge in [-0.25, -0.2) is 0 Å². The topological polar surface area (TPSA) is 3.88 Å². The van der Waals surface area contributed by atoms with Crippen LogP contribution in [-0.2, 0) is 0 Å². The molecule has 0 spiro atoms. The molecule has 5 aromatic rings. The van der Waals surface area contributed by atoms with Crippen molar-refractivity contribution in [1.82, 2.24) is 0 Å². The molecule has 0 aliphatic carbocycles. The van der Waals surface area contributed by atoms with Crippen LogP contribution >= 0.6 is 0 Å². The zero-order chi connectivity index (χ0) is 15.9. The fourth-order valence-corrected chi connectivity index (χ4v) is 3.52. The van der Waals surface area contributed by atoms with E-state index in [4.69, 9.17) is 0 Å². The van der Waals surface area contributed by atoms with Gasteiger partial charge in [-0.3, -0.25) is 0 Å². The maximum atomic E-state index is 2.36. The van der Waals surface area contributed by atoms with Gasteiger partial charge < -0.3 is 17.0 Å². The average Bonchev–Trinajstić information content (AvgIpc) is 2.65. The quantitative estimate of drug-likeness (QED) is 0.308. The van der Waals surface area contributed by atoms with E-state index in [9.17, 15) is 0 Å². The van der Waals surface area contributed by atoms with E-state index in [1.54, 1.807) is 0 Å². The van der Waals surface area contributed by atoms with Crippen LogP contribution in [0.25, 0.3) is 38.3 Å². The number of benzene rings is 4. The molecule has 0 saturated carbocycles. The van der Waals surface area contributed by atoms with Gasteiger partial charge in [-0.15, -0.1) is 0 Å². The van der Waals surface area contributed by atoms with E-state index in [0.29, 0.717) is 0 Å². The zero-order valence-electron chi connectivity index (χ0n) is 13.6. The van der Waals surface area contributed by atoms with E-state index < -0.39 is 0 Å². The fourth-order valence-electron chi connectivity index (χ4n) is 3.52. The Bertz CT molecular complexity index is 1190. The predicted molar refractivity (Wildman–Crippen MR) is 100 cm³/mol. The highest BCUT2D eigenvalue weighted by Crippen LogP contribution is 2.25. The molecular formula is C23H16BrN. The first-order valence-electron chi connectivity index (χ1n) is 8.22. The maximum Gasteiger partial charge on any atom is 0.219 e. The van der Waals surface area contributed by atoms with Gasteiger partial charge in [-0.1, -0.05) is 54.6 Å². The first-order chi connectivity index (χ1) is 11.9. The van der Waals surface area contributed by atoms with Crippen LogP contribution in [0.1, 0.15) is 0 Å². The van der Waals surface area contributed by atoms with Crippen molar-refractivity contribution in [3.8, 4) is 5.69 Å². The van der Waals surface area contributed by atoms with Crippen LogP contribution in [0.3, 0.4) is 0 Å². The molecule has 4 aromatic carbocycles. The Morgan fingerprint density at radius 1 is 0.440 bits per heavy atom. The average molecular weight is 386 g/mol. The normalized spacial score (nSPS) is 10.9. The number of halogens is 1. The van der Waals surface area contributed by atoms with Crippen molar-refractivity contribution in [1.29, 1.82) is 0 Å². The molecule has 1 heterocycles. The standard InChI is InChI=1S/C23H16N.BrH/c1-2-11-21(12-3-1)24-22-13-7-6-10-19(22)15-20-14-17-8-4-5-9-18(17)16-23(20)24;/h1-16H;1H/q+1;/p-1. The molecule has 0 bridgehead atoms. The number of rotatable bonds is 1. The van der Waals surface area contributed by atoms with Crippen molar-refractivity contribution in [2.45, 2.75) is 0 Å². The fraction of sp³-hybridized carbons (Fsp3) is 0. The Balaban J connectivity index is 0.00000157. The van der Waals surface area contributed by atoms with E-state index in [2.05, 4.69) is 102 Å². The predicted octanol–water partition coefficient (Wildman–Crippen LogP) is 2.43. The molecule has 5 rings (SSSR count). The Labute approximate surface area is 156 Å². The molecule has 2 heteroatoms. The van der Waals surface area contributed by atoms with Gasteiger partial charge in [0.25, 0.3) is 0 Å². The van der Waals surface area contributed by atoms with Gasteiger partial charge in [0.05, 0.1) is 0 Å². The number of fused-ring (bicyclic) bond motifs is 3. The number of hydrogen-bond acceptors (Lipinski definition) is 0. The third kappa shape index (κ3) is 2.59. The molecule has 0 radical (unpaired) electrons. The highest BCUT2D eigenvalue weighted by molar-refractivity contribution is 5.98.